The first kappa shape index (κ1) is 15.0. The maximum absolute atomic E-state index is 12.9. The lowest BCUT2D eigenvalue weighted by Crippen LogP contribution is -2.58. The third-order valence-corrected chi connectivity index (χ3v) is 5.71. The summed E-state index contributed by atoms with van der Waals surface area (Å²) in [4.78, 5) is 16.5. The molecule has 21 heavy (non-hydrogen) atoms. The van der Waals surface area contributed by atoms with Crippen LogP contribution in [-0.4, -0.2) is 42.6 Å². The molecule has 0 radical (unpaired) electrons. The average Bonchev–Trinajstić information content (AvgIpc) is 3.13. The van der Waals surface area contributed by atoms with Crippen molar-refractivity contribution in [2.24, 2.45) is 5.41 Å². The third-order valence-electron chi connectivity index (χ3n) is 4.83. The first-order valence-corrected chi connectivity index (χ1v) is 8.66. The SMILES string of the molecule is CC(C)N1CC[C@H]2OCC[C@@]2(C(=O)NCc2cccs2)C1. The molecule has 0 saturated carbocycles. The van der Waals surface area contributed by atoms with Crippen molar-refractivity contribution in [2.45, 2.75) is 45.4 Å². The molecular weight excluding hydrogens is 284 g/mol. The smallest absolute Gasteiger partial charge is 0.230 e. The maximum atomic E-state index is 12.9. The summed E-state index contributed by atoms with van der Waals surface area (Å²) in [6, 6.07) is 4.56. The van der Waals surface area contributed by atoms with Crippen molar-refractivity contribution in [3.63, 3.8) is 0 Å². The zero-order chi connectivity index (χ0) is 14.9. The van der Waals surface area contributed by atoms with Crippen LogP contribution < -0.4 is 5.32 Å². The van der Waals surface area contributed by atoms with E-state index in [1.165, 1.54) is 4.88 Å². The Bertz CT molecular complexity index is 488. The molecule has 1 N–H and O–H groups in total. The van der Waals surface area contributed by atoms with Gasteiger partial charge in [-0.15, -0.1) is 11.3 Å². The molecule has 3 rings (SSSR count). The van der Waals surface area contributed by atoms with E-state index in [2.05, 4.69) is 30.1 Å². The third kappa shape index (κ3) is 2.87. The minimum absolute atomic E-state index is 0.0934. The van der Waals surface area contributed by atoms with Gasteiger partial charge in [0.05, 0.1) is 18.1 Å². The summed E-state index contributed by atoms with van der Waals surface area (Å²) in [6.07, 6.45) is 1.90. The van der Waals surface area contributed by atoms with E-state index in [1.54, 1.807) is 11.3 Å². The molecule has 2 saturated heterocycles. The number of amides is 1. The van der Waals surface area contributed by atoms with Gasteiger partial charge in [-0.2, -0.15) is 0 Å². The number of fused-ring (bicyclic) bond motifs is 1. The molecule has 2 fully saturated rings. The number of likely N-dealkylation sites (tertiary alicyclic amines) is 1. The lowest BCUT2D eigenvalue weighted by atomic mass is 9.75. The van der Waals surface area contributed by atoms with Gasteiger partial charge in [-0.25, -0.2) is 0 Å². The number of hydrogen-bond acceptors (Lipinski definition) is 4. The fourth-order valence-electron chi connectivity index (χ4n) is 3.50. The molecule has 4 nitrogen and oxygen atoms in total. The Morgan fingerprint density at radius 3 is 3.19 bits per heavy atom. The van der Waals surface area contributed by atoms with Crippen LogP contribution in [0.3, 0.4) is 0 Å². The van der Waals surface area contributed by atoms with Crippen LogP contribution in [0.4, 0.5) is 0 Å². The van der Waals surface area contributed by atoms with Crippen LogP contribution in [0.2, 0.25) is 0 Å². The first-order chi connectivity index (χ1) is 10.1. The van der Waals surface area contributed by atoms with Crippen LogP contribution in [0.25, 0.3) is 0 Å². The van der Waals surface area contributed by atoms with Crippen molar-refractivity contribution >= 4 is 17.2 Å². The van der Waals surface area contributed by atoms with Gasteiger partial charge in [0.1, 0.15) is 0 Å². The summed E-state index contributed by atoms with van der Waals surface area (Å²) in [6.45, 7) is 7.60. The molecule has 2 atom stereocenters. The fourth-order valence-corrected chi connectivity index (χ4v) is 4.14. The summed E-state index contributed by atoms with van der Waals surface area (Å²) in [5, 5.41) is 5.19. The van der Waals surface area contributed by atoms with E-state index in [0.717, 1.165) is 25.9 Å². The summed E-state index contributed by atoms with van der Waals surface area (Å²) >= 11 is 1.68. The number of piperidine rings is 1. The fraction of sp³-hybridized carbons (Fsp3) is 0.688. The number of carbonyl (C=O) groups excluding carboxylic acids is 1. The van der Waals surface area contributed by atoms with E-state index in [0.29, 0.717) is 19.2 Å². The summed E-state index contributed by atoms with van der Waals surface area (Å²) < 4.78 is 5.86. The number of nitrogens with zero attached hydrogens (tertiary/aromatic N) is 1. The van der Waals surface area contributed by atoms with Crippen LogP contribution in [0.1, 0.15) is 31.6 Å². The minimum Gasteiger partial charge on any atom is -0.377 e. The number of thiophene rings is 1. The number of nitrogens with one attached hydrogen (secondary N) is 1. The molecule has 2 aliphatic heterocycles. The molecule has 5 heteroatoms. The molecule has 1 amide bonds. The topological polar surface area (TPSA) is 41.6 Å². The molecule has 0 aliphatic carbocycles. The van der Waals surface area contributed by atoms with E-state index in [1.807, 2.05) is 11.4 Å². The van der Waals surface area contributed by atoms with Crippen molar-refractivity contribution in [1.82, 2.24) is 10.2 Å². The quantitative estimate of drug-likeness (QED) is 0.927. The Morgan fingerprint density at radius 1 is 1.62 bits per heavy atom. The van der Waals surface area contributed by atoms with Crippen LogP contribution in [-0.2, 0) is 16.1 Å². The van der Waals surface area contributed by atoms with Gasteiger partial charge in [0.2, 0.25) is 5.91 Å². The average molecular weight is 308 g/mol. The van der Waals surface area contributed by atoms with Crippen LogP contribution in [0.5, 0.6) is 0 Å². The maximum Gasteiger partial charge on any atom is 0.230 e. The Hall–Kier alpha value is -0.910. The van der Waals surface area contributed by atoms with Gasteiger partial charge in [0.15, 0.2) is 0 Å². The predicted octanol–water partition coefficient (Wildman–Crippen LogP) is 2.25. The van der Waals surface area contributed by atoms with Crippen molar-refractivity contribution in [3.8, 4) is 0 Å². The molecule has 1 aromatic rings. The summed E-state index contributed by atoms with van der Waals surface area (Å²) in [7, 11) is 0. The normalized spacial score (nSPS) is 29.6. The lowest BCUT2D eigenvalue weighted by Gasteiger charge is -2.44. The minimum atomic E-state index is -0.347. The Labute approximate surface area is 130 Å². The molecule has 3 heterocycles. The van der Waals surface area contributed by atoms with Crippen molar-refractivity contribution in [2.75, 3.05) is 19.7 Å². The van der Waals surface area contributed by atoms with E-state index < -0.39 is 0 Å². The van der Waals surface area contributed by atoms with E-state index >= 15 is 0 Å². The molecule has 0 bridgehead atoms. The van der Waals surface area contributed by atoms with Gasteiger partial charge in [-0.3, -0.25) is 9.69 Å². The van der Waals surface area contributed by atoms with Crippen molar-refractivity contribution in [1.29, 1.82) is 0 Å². The highest BCUT2D eigenvalue weighted by Gasteiger charge is 2.53. The zero-order valence-corrected chi connectivity index (χ0v) is 13.6. The second kappa shape index (κ2) is 6.07. The second-order valence-corrected chi connectivity index (χ2v) is 7.41. The van der Waals surface area contributed by atoms with Crippen molar-refractivity contribution < 1.29 is 9.53 Å². The monoisotopic (exact) mass is 308 g/mol. The van der Waals surface area contributed by atoms with Gasteiger partial charge in [-0.1, -0.05) is 6.07 Å². The molecule has 0 unspecified atom stereocenters. The number of carbonyl (C=O) groups is 1. The number of ether oxygens (including phenoxy) is 1. The molecule has 2 aliphatic rings. The summed E-state index contributed by atoms with van der Waals surface area (Å²) in [5.74, 6) is 0.170. The van der Waals surface area contributed by atoms with Gasteiger partial charge in [0.25, 0.3) is 0 Å². The van der Waals surface area contributed by atoms with Crippen LogP contribution in [0, 0.1) is 5.41 Å². The molecular formula is C16H24N2O2S. The molecule has 0 aromatic carbocycles. The zero-order valence-electron chi connectivity index (χ0n) is 12.8. The largest absolute Gasteiger partial charge is 0.377 e. The Balaban J connectivity index is 1.71. The first-order valence-electron chi connectivity index (χ1n) is 7.78. The van der Waals surface area contributed by atoms with E-state index in [9.17, 15) is 4.79 Å². The highest BCUT2D eigenvalue weighted by Crippen LogP contribution is 2.41. The van der Waals surface area contributed by atoms with Gasteiger partial charge in [0, 0.05) is 30.6 Å². The Kier molecular flexibility index (Phi) is 4.33. The number of rotatable bonds is 4. The van der Waals surface area contributed by atoms with Crippen LogP contribution >= 0.6 is 11.3 Å². The van der Waals surface area contributed by atoms with Crippen LogP contribution in [0.15, 0.2) is 17.5 Å². The molecule has 0 spiro atoms. The lowest BCUT2D eigenvalue weighted by molar-refractivity contribution is -0.140. The van der Waals surface area contributed by atoms with Crippen molar-refractivity contribution in [3.05, 3.63) is 22.4 Å². The van der Waals surface area contributed by atoms with E-state index in [4.69, 9.17) is 4.74 Å². The number of hydrogen-bond donors (Lipinski definition) is 1. The Morgan fingerprint density at radius 2 is 2.48 bits per heavy atom. The van der Waals surface area contributed by atoms with Gasteiger partial charge >= 0.3 is 0 Å². The highest BCUT2D eigenvalue weighted by atomic mass is 32.1. The predicted molar refractivity (Wildman–Crippen MR) is 84.3 cm³/mol. The summed E-state index contributed by atoms with van der Waals surface area (Å²) in [5.41, 5.74) is -0.347. The van der Waals surface area contributed by atoms with Gasteiger partial charge in [-0.05, 0) is 38.1 Å². The molecule has 1 aromatic heterocycles. The highest BCUT2D eigenvalue weighted by molar-refractivity contribution is 7.09. The standard InChI is InChI=1S/C16H24N2O2S/c1-12(2)18-7-5-14-16(11-18,6-8-20-14)15(19)17-10-13-4-3-9-21-13/h3-4,9,12,14H,5-8,10-11H2,1-2H3,(H,17,19)/t14-,16-/m1/s1. The second-order valence-electron chi connectivity index (χ2n) is 6.38. The molecule has 116 valence electrons. The van der Waals surface area contributed by atoms with Gasteiger partial charge < -0.3 is 10.1 Å². The van der Waals surface area contributed by atoms with E-state index in [-0.39, 0.29) is 17.4 Å².